The van der Waals surface area contributed by atoms with Gasteiger partial charge >= 0.3 is 0 Å². The van der Waals surface area contributed by atoms with E-state index in [0.717, 1.165) is 31.8 Å². The molecule has 3 rings (SSSR count). The largest absolute Gasteiger partial charge is 0.496 e. The number of benzene rings is 2. The third kappa shape index (κ3) is 4.37. The quantitative estimate of drug-likeness (QED) is 0.884. The van der Waals surface area contributed by atoms with Crippen molar-refractivity contribution < 1.29 is 4.74 Å². The zero-order valence-corrected chi connectivity index (χ0v) is 14.5. The number of nitrogens with zero attached hydrogens (tertiary/aromatic N) is 1. The van der Waals surface area contributed by atoms with Crippen molar-refractivity contribution in [2.75, 3.05) is 26.7 Å². The van der Waals surface area contributed by atoms with E-state index in [1.54, 1.807) is 7.11 Å². The van der Waals surface area contributed by atoms with Crippen LogP contribution in [0.25, 0.3) is 0 Å². The topological polar surface area (TPSA) is 38.5 Å². The van der Waals surface area contributed by atoms with Crippen LogP contribution in [0.4, 0.5) is 0 Å². The summed E-state index contributed by atoms with van der Waals surface area (Å²) in [6.07, 6.45) is 3.31. The van der Waals surface area contributed by atoms with E-state index >= 15 is 0 Å². The van der Waals surface area contributed by atoms with Gasteiger partial charge < -0.3 is 15.4 Å². The number of nitrogens with two attached hydrogens (primary N) is 1. The third-order valence-corrected chi connectivity index (χ3v) is 5.00. The molecular weight excluding hydrogens is 296 g/mol. The van der Waals surface area contributed by atoms with Crippen molar-refractivity contribution in [3.8, 4) is 5.75 Å². The maximum absolute atomic E-state index is 6.37. The van der Waals surface area contributed by atoms with E-state index < -0.39 is 0 Å². The molecule has 3 nitrogen and oxygen atoms in total. The summed E-state index contributed by atoms with van der Waals surface area (Å²) < 4.78 is 5.52. The fourth-order valence-electron chi connectivity index (χ4n) is 3.74. The van der Waals surface area contributed by atoms with Gasteiger partial charge in [-0.1, -0.05) is 48.5 Å². The number of likely N-dealkylation sites (tertiary alicyclic amines) is 1. The van der Waals surface area contributed by atoms with Gasteiger partial charge in [-0.2, -0.15) is 0 Å². The van der Waals surface area contributed by atoms with Gasteiger partial charge in [-0.3, -0.25) is 0 Å². The summed E-state index contributed by atoms with van der Waals surface area (Å²) in [6.45, 7) is 3.21. The van der Waals surface area contributed by atoms with E-state index in [2.05, 4.69) is 53.4 Å². The van der Waals surface area contributed by atoms with E-state index in [9.17, 15) is 0 Å². The van der Waals surface area contributed by atoms with E-state index in [0.29, 0.717) is 5.92 Å². The Labute approximate surface area is 145 Å². The molecule has 128 valence electrons. The van der Waals surface area contributed by atoms with Gasteiger partial charge in [-0.25, -0.2) is 0 Å². The minimum Gasteiger partial charge on any atom is -0.496 e. The lowest BCUT2D eigenvalue weighted by atomic mass is 9.88. The number of hydrogen-bond donors (Lipinski definition) is 1. The van der Waals surface area contributed by atoms with Crippen molar-refractivity contribution in [1.82, 2.24) is 4.90 Å². The third-order valence-electron chi connectivity index (χ3n) is 5.00. The first-order chi connectivity index (χ1) is 11.8. The molecule has 1 saturated heterocycles. The lowest BCUT2D eigenvalue weighted by molar-refractivity contribution is 0.199. The van der Waals surface area contributed by atoms with Crippen LogP contribution in [0, 0.1) is 0 Å². The molecule has 0 amide bonds. The monoisotopic (exact) mass is 324 g/mol. The summed E-state index contributed by atoms with van der Waals surface area (Å²) in [5.74, 6) is 1.62. The first kappa shape index (κ1) is 17.0. The van der Waals surface area contributed by atoms with Crippen LogP contribution in [-0.2, 0) is 6.42 Å². The molecule has 24 heavy (non-hydrogen) atoms. The average Bonchev–Trinajstić information content (AvgIpc) is 2.63. The predicted molar refractivity (Wildman–Crippen MR) is 99.5 cm³/mol. The average molecular weight is 324 g/mol. The summed E-state index contributed by atoms with van der Waals surface area (Å²) >= 11 is 0. The summed E-state index contributed by atoms with van der Waals surface area (Å²) in [5.41, 5.74) is 9.05. The lowest BCUT2D eigenvalue weighted by Crippen LogP contribution is -2.42. The fraction of sp³-hybridized carbons (Fsp3) is 0.429. The second kappa shape index (κ2) is 8.32. The molecule has 0 saturated carbocycles. The van der Waals surface area contributed by atoms with Crippen LogP contribution in [0.3, 0.4) is 0 Å². The van der Waals surface area contributed by atoms with E-state index in [1.165, 1.54) is 24.0 Å². The molecule has 2 aromatic rings. The van der Waals surface area contributed by atoms with E-state index in [1.807, 2.05) is 6.07 Å². The highest BCUT2D eigenvalue weighted by Crippen LogP contribution is 2.33. The molecule has 1 atom stereocenters. The minimum absolute atomic E-state index is 0.204. The van der Waals surface area contributed by atoms with Crippen LogP contribution in [0.1, 0.15) is 29.9 Å². The van der Waals surface area contributed by atoms with Crippen LogP contribution in [0.2, 0.25) is 0 Å². The van der Waals surface area contributed by atoms with Gasteiger partial charge in [-0.15, -0.1) is 0 Å². The molecule has 0 bridgehead atoms. The molecule has 0 spiro atoms. The van der Waals surface area contributed by atoms with Crippen LogP contribution >= 0.6 is 0 Å². The number of ether oxygens (including phenoxy) is 1. The minimum atomic E-state index is 0.204. The van der Waals surface area contributed by atoms with Gasteiger partial charge in [-0.05, 0) is 55.5 Å². The molecule has 0 radical (unpaired) electrons. The van der Waals surface area contributed by atoms with Gasteiger partial charge in [0, 0.05) is 12.6 Å². The van der Waals surface area contributed by atoms with Crippen molar-refractivity contribution in [2.45, 2.75) is 31.2 Å². The van der Waals surface area contributed by atoms with Crippen molar-refractivity contribution in [3.05, 3.63) is 65.7 Å². The molecule has 3 heteroatoms. The zero-order valence-electron chi connectivity index (χ0n) is 14.5. The standard InChI is InChI=1S/C21H28N2O/c1-24-21-10-6-5-9-20(21)18-11-13-23(14-12-18)16-19(22)15-17-7-3-2-4-8-17/h2-10,18-19H,11-16,22H2,1H3. The van der Waals surface area contributed by atoms with Gasteiger partial charge in [0.05, 0.1) is 7.11 Å². The molecule has 0 aliphatic carbocycles. The molecular formula is C21H28N2O. The Hall–Kier alpha value is -1.84. The van der Waals surface area contributed by atoms with Crippen LogP contribution < -0.4 is 10.5 Å². The van der Waals surface area contributed by atoms with Crippen molar-refractivity contribution >= 4 is 0 Å². The number of rotatable bonds is 6. The summed E-state index contributed by atoms with van der Waals surface area (Å²) in [4.78, 5) is 2.51. The molecule has 0 aromatic heterocycles. The highest BCUT2D eigenvalue weighted by molar-refractivity contribution is 5.36. The molecule has 1 unspecified atom stereocenters. The molecule has 1 aliphatic heterocycles. The lowest BCUT2D eigenvalue weighted by Gasteiger charge is -2.34. The molecule has 2 N–H and O–H groups in total. The second-order valence-electron chi connectivity index (χ2n) is 6.77. The SMILES string of the molecule is COc1ccccc1C1CCN(CC(N)Cc2ccccc2)CC1. The highest BCUT2D eigenvalue weighted by Gasteiger charge is 2.23. The van der Waals surface area contributed by atoms with Crippen molar-refractivity contribution in [2.24, 2.45) is 5.73 Å². The maximum atomic E-state index is 6.37. The van der Waals surface area contributed by atoms with Crippen molar-refractivity contribution in [3.63, 3.8) is 0 Å². The zero-order chi connectivity index (χ0) is 16.8. The molecule has 1 fully saturated rings. The number of piperidine rings is 1. The first-order valence-electron chi connectivity index (χ1n) is 8.91. The second-order valence-corrected chi connectivity index (χ2v) is 6.77. The van der Waals surface area contributed by atoms with Gasteiger partial charge in [0.15, 0.2) is 0 Å². The van der Waals surface area contributed by atoms with Gasteiger partial charge in [0.25, 0.3) is 0 Å². The Kier molecular flexibility index (Phi) is 5.89. The molecule has 1 heterocycles. The Bertz CT molecular complexity index is 621. The fourth-order valence-corrected chi connectivity index (χ4v) is 3.74. The predicted octanol–water partition coefficient (Wildman–Crippen LogP) is 3.44. The van der Waals surface area contributed by atoms with E-state index in [4.69, 9.17) is 10.5 Å². The summed E-state index contributed by atoms with van der Waals surface area (Å²) in [5, 5.41) is 0. The first-order valence-corrected chi connectivity index (χ1v) is 8.91. The van der Waals surface area contributed by atoms with Gasteiger partial charge in [0.1, 0.15) is 5.75 Å². The highest BCUT2D eigenvalue weighted by atomic mass is 16.5. The van der Waals surface area contributed by atoms with Crippen molar-refractivity contribution in [1.29, 1.82) is 0 Å². The maximum Gasteiger partial charge on any atom is 0.122 e. The van der Waals surface area contributed by atoms with E-state index in [-0.39, 0.29) is 6.04 Å². The summed E-state index contributed by atoms with van der Waals surface area (Å²) in [7, 11) is 1.76. The molecule has 2 aromatic carbocycles. The number of methoxy groups -OCH3 is 1. The van der Waals surface area contributed by atoms with Crippen LogP contribution in [0.15, 0.2) is 54.6 Å². The number of para-hydroxylation sites is 1. The Morgan fingerprint density at radius 1 is 1.04 bits per heavy atom. The normalized spacial score (nSPS) is 17.6. The summed E-state index contributed by atoms with van der Waals surface area (Å²) in [6, 6.07) is 19.2. The van der Waals surface area contributed by atoms with Gasteiger partial charge in [0.2, 0.25) is 0 Å². The smallest absolute Gasteiger partial charge is 0.122 e. The van der Waals surface area contributed by atoms with Crippen LogP contribution in [-0.4, -0.2) is 37.7 Å². The van der Waals surface area contributed by atoms with Crippen LogP contribution in [0.5, 0.6) is 5.75 Å². The number of hydrogen-bond acceptors (Lipinski definition) is 3. The Balaban J connectivity index is 1.50. The Morgan fingerprint density at radius 2 is 1.71 bits per heavy atom. The Morgan fingerprint density at radius 3 is 2.42 bits per heavy atom. The molecule has 1 aliphatic rings.